The highest BCUT2D eigenvalue weighted by Crippen LogP contribution is 2.50. The van der Waals surface area contributed by atoms with Crippen LogP contribution >= 0.6 is 0 Å². The quantitative estimate of drug-likeness (QED) is 0.262. The lowest BCUT2D eigenvalue weighted by atomic mass is 9.85. The SMILES string of the molecule is CCCCCC1(CCCCC)O[C@H]2[C@@H]3OC(CCCCC)(CCCCC)O[C@H]3[C@H](O)[C@@H](O)[C@H]2O1. The van der Waals surface area contributed by atoms with Crippen molar-refractivity contribution in [3.8, 4) is 0 Å². The van der Waals surface area contributed by atoms with Crippen LogP contribution in [0, 0.1) is 0 Å². The number of aliphatic hydroxyl groups excluding tert-OH is 2. The minimum atomic E-state index is -1.03. The lowest BCUT2D eigenvalue weighted by Crippen LogP contribution is -2.61. The molecule has 34 heavy (non-hydrogen) atoms. The van der Waals surface area contributed by atoms with Gasteiger partial charge in [0.1, 0.15) is 36.6 Å². The maximum Gasteiger partial charge on any atom is 0.169 e. The molecule has 3 aliphatic rings. The molecule has 0 bridgehead atoms. The van der Waals surface area contributed by atoms with Crippen LogP contribution in [0.4, 0.5) is 0 Å². The lowest BCUT2D eigenvalue weighted by Gasteiger charge is -2.38. The third-order valence-electron chi connectivity index (χ3n) is 8.04. The maximum absolute atomic E-state index is 11.1. The predicted octanol–water partition coefficient (Wildman–Crippen LogP) is 6.00. The monoisotopic (exact) mass is 484 g/mol. The lowest BCUT2D eigenvalue weighted by molar-refractivity contribution is -0.218. The van der Waals surface area contributed by atoms with Gasteiger partial charge < -0.3 is 29.2 Å². The molecular formula is C28H52O6. The normalized spacial score (nSPS) is 33.7. The number of rotatable bonds is 16. The smallest absolute Gasteiger partial charge is 0.169 e. The van der Waals surface area contributed by atoms with E-state index in [2.05, 4.69) is 27.7 Å². The third kappa shape index (κ3) is 6.54. The predicted molar refractivity (Wildman–Crippen MR) is 134 cm³/mol. The molecule has 3 rings (SSSR count). The highest BCUT2D eigenvalue weighted by Gasteiger charge is 2.65. The van der Waals surface area contributed by atoms with Gasteiger partial charge in [-0.15, -0.1) is 0 Å². The molecule has 1 aliphatic carbocycles. The zero-order valence-corrected chi connectivity index (χ0v) is 22.3. The van der Waals surface area contributed by atoms with E-state index >= 15 is 0 Å². The van der Waals surface area contributed by atoms with Crippen LogP contribution in [0.25, 0.3) is 0 Å². The van der Waals surface area contributed by atoms with Crippen molar-refractivity contribution in [2.75, 3.05) is 0 Å². The summed E-state index contributed by atoms with van der Waals surface area (Å²) in [6, 6.07) is 0. The first-order valence-corrected chi connectivity index (χ1v) is 14.5. The number of ether oxygens (including phenoxy) is 4. The Kier molecular flexibility index (Phi) is 11.1. The van der Waals surface area contributed by atoms with Gasteiger partial charge in [-0.3, -0.25) is 0 Å². The van der Waals surface area contributed by atoms with Crippen molar-refractivity contribution in [2.24, 2.45) is 0 Å². The van der Waals surface area contributed by atoms with Gasteiger partial charge in [0.25, 0.3) is 0 Å². The van der Waals surface area contributed by atoms with E-state index in [0.717, 1.165) is 103 Å². The van der Waals surface area contributed by atoms with Crippen LogP contribution in [0.5, 0.6) is 0 Å². The number of hydrogen-bond donors (Lipinski definition) is 2. The van der Waals surface area contributed by atoms with E-state index in [0.29, 0.717) is 0 Å². The van der Waals surface area contributed by atoms with Crippen molar-refractivity contribution in [1.29, 1.82) is 0 Å². The molecule has 0 aromatic rings. The number of aliphatic hydroxyl groups is 2. The summed E-state index contributed by atoms with van der Waals surface area (Å²) >= 11 is 0. The van der Waals surface area contributed by atoms with Gasteiger partial charge in [0.05, 0.1) is 0 Å². The van der Waals surface area contributed by atoms with E-state index in [-0.39, 0.29) is 0 Å². The molecule has 2 N–H and O–H groups in total. The fourth-order valence-electron chi connectivity index (χ4n) is 6.04. The molecule has 0 aromatic heterocycles. The standard InChI is InChI=1S/C28H52O6/c1-5-9-13-17-27(18-14-10-6-2)31-23-21(29)22(30)24-26(25(23)33-27)34-28(32-24,19-15-11-7-3)20-16-12-8-4/h21-26,29-30H,5-20H2,1-4H3/t21-,22-,23-,24+,25-,26-/m1/s1. The van der Waals surface area contributed by atoms with Crippen molar-refractivity contribution < 1.29 is 29.2 Å². The van der Waals surface area contributed by atoms with E-state index in [9.17, 15) is 10.2 Å². The zero-order chi connectivity index (χ0) is 24.6. The Morgan fingerprint density at radius 3 is 0.971 bits per heavy atom. The number of fused-ring (bicyclic) bond motifs is 3. The molecule has 0 spiro atoms. The first kappa shape index (κ1) is 28.3. The van der Waals surface area contributed by atoms with E-state index in [1.807, 2.05) is 0 Å². The van der Waals surface area contributed by atoms with Gasteiger partial charge in [-0.2, -0.15) is 0 Å². The molecule has 0 amide bonds. The Hall–Kier alpha value is -0.240. The molecular weight excluding hydrogens is 432 g/mol. The van der Waals surface area contributed by atoms with Gasteiger partial charge in [-0.1, -0.05) is 79.1 Å². The Labute approximate surface area is 208 Å². The fraction of sp³-hybridized carbons (Fsp3) is 1.00. The third-order valence-corrected chi connectivity index (χ3v) is 8.04. The Balaban J connectivity index is 1.79. The molecule has 1 saturated carbocycles. The fourth-order valence-corrected chi connectivity index (χ4v) is 6.04. The molecule has 6 heteroatoms. The van der Waals surface area contributed by atoms with Gasteiger partial charge in [-0.05, 0) is 25.7 Å². The summed E-state index contributed by atoms with van der Waals surface area (Å²) in [6.45, 7) is 8.80. The van der Waals surface area contributed by atoms with Crippen molar-refractivity contribution in [2.45, 2.75) is 179 Å². The van der Waals surface area contributed by atoms with Crippen LogP contribution in [-0.4, -0.2) is 58.4 Å². The molecule has 0 unspecified atom stereocenters. The molecule has 2 heterocycles. The summed E-state index contributed by atoms with van der Waals surface area (Å²) in [6.07, 6.45) is 12.4. The Bertz CT molecular complexity index is 513. The molecule has 200 valence electrons. The summed E-state index contributed by atoms with van der Waals surface area (Å²) in [7, 11) is 0. The van der Waals surface area contributed by atoms with E-state index in [1.54, 1.807) is 0 Å². The summed E-state index contributed by atoms with van der Waals surface area (Å²) < 4.78 is 26.5. The second-order valence-electron chi connectivity index (χ2n) is 11.0. The largest absolute Gasteiger partial charge is 0.387 e. The second-order valence-corrected chi connectivity index (χ2v) is 11.0. The molecule has 6 nitrogen and oxygen atoms in total. The Morgan fingerprint density at radius 2 is 0.706 bits per heavy atom. The average Bonchev–Trinajstić information content (AvgIpc) is 3.39. The highest BCUT2D eigenvalue weighted by molar-refractivity contribution is 5.09. The summed E-state index contributed by atoms with van der Waals surface area (Å²) in [5.41, 5.74) is 0. The minimum Gasteiger partial charge on any atom is -0.387 e. The van der Waals surface area contributed by atoms with E-state index < -0.39 is 48.2 Å². The maximum atomic E-state index is 11.1. The Morgan fingerprint density at radius 1 is 0.441 bits per heavy atom. The van der Waals surface area contributed by atoms with Crippen molar-refractivity contribution in [3.63, 3.8) is 0 Å². The first-order chi connectivity index (χ1) is 16.4. The van der Waals surface area contributed by atoms with Crippen LogP contribution in [0.3, 0.4) is 0 Å². The van der Waals surface area contributed by atoms with Gasteiger partial charge >= 0.3 is 0 Å². The zero-order valence-electron chi connectivity index (χ0n) is 22.3. The molecule has 3 fully saturated rings. The van der Waals surface area contributed by atoms with Crippen LogP contribution in [-0.2, 0) is 18.9 Å². The van der Waals surface area contributed by atoms with Crippen LogP contribution in [0.1, 0.15) is 130 Å². The molecule has 6 atom stereocenters. The van der Waals surface area contributed by atoms with Gasteiger partial charge in [0, 0.05) is 25.7 Å². The van der Waals surface area contributed by atoms with Crippen LogP contribution < -0.4 is 0 Å². The molecule has 2 saturated heterocycles. The minimum absolute atomic E-state index is 0.411. The molecule has 0 radical (unpaired) electrons. The summed E-state index contributed by atoms with van der Waals surface area (Å²) in [5, 5.41) is 22.2. The summed E-state index contributed by atoms with van der Waals surface area (Å²) in [5.74, 6) is -1.40. The van der Waals surface area contributed by atoms with E-state index in [1.165, 1.54) is 0 Å². The van der Waals surface area contributed by atoms with Crippen molar-refractivity contribution in [1.82, 2.24) is 0 Å². The molecule has 2 aliphatic heterocycles. The molecule has 0 aromatic carbocycles. The van der Waals surface area contributed by atoms with Gasteiger partial charge in [-0.25, -0.2) is 0 Å². The first-order valence-electron chi connectivity index (χ1n) is 14.5. The number of hydrogen-bond acceptors (Lipinski definition) is 6. The number of unbranched alkanes of at least 4 members (excludes halogenated alkanes) is 8. The van der Waals surface area contributed by atoms with E-state index in [4.69, 9.17) is 18.9 Å². The average molecular weight is 485 g/mol. The van der Waals surface area contributed by atoms with Crippen LogP contribution in [0.15, 0.2) is 0 Å². The van der Waals surface area contributed by atoms with Gasteiger partial charge in [0.15, 0.2) is 11.6 Å². The topological polar surface area (TPSA) is 77.4 Å². The second kappa shape index (κ2) is 13.3. The van der Waals surface area contributed by atoms with Crippen molar-refractivity contribution in [3.05, 3.63) is 0 Å². The summed E-state index contributed by atoms with van der Waals surface area (Å²) in [4.78, 5) is 0. The van der Waals surface area contributed by atoms with Crippen molar-refractivity contribution >= 4 is 0 Å². The van der Waals surface area contributed by atoms with Crippen LogP contribution in [0.2, 0.25) is 0 Å². The van der Waals surface area contributed by atoms with Gasteiger partial charge in [0.2, 0.25) is 0 Å². The highest BCUT2D eigenvalue weighted by atomic mass is 16.8.